The summed E-state index contributed by atoms with van der Waals surface area (Å²) in [6, 6.07) is 2.94. The molecule has 0 aliphatic heterocycles. The third-order valence-electron chi connectivity index (χ3n) is 1.50. The van der Waals surface area contributed by atoms with Crippen LogP contribution in [0.4, 0.5) is 0 Å². The average Bonchev–Trinajstić information content (AvgIpc) is 2.01. The minimum atomic E-state index is -3.78. The van der Waals surface area contributed by atoms with Crippen LogP contribution in [0.3, 0.4) is 0 Å². The number of rotatable bonds is 2. The maximum atomic E-state index is 10.9. The molecule has 1 rings (SSSR count). The predicted octanol–water partition coefficient (Wildman–Crippen LogP) is 2.22. The molecular weight excluding hydrogens is 233 g/mol. The van der Waals surface area contributed by atoms with Crippen molar-refractivity contribution in [3.63, 3.8) is 0 Å². The summed E-state index contributed by atoms with van der Waals surface area (Å²) in [6.45, 7) is 1.90. The van der Waals surface area contributed by atoms with Gasteiger partial charge in [-0.1, -0.05) is 18.5 Å². The van der Waals surface area contributed by atoms with Gasteiger partial charge in [0.2, 0.25) is 0 Å². The van der Waals surface area contributed by atoms with E-state index in [9.17, 15) is 8.42 Å². The van der Waals surface area contributed by atoms with Crippen molar-refractivity contribution >= 4 is 31.3 Å². The lowest BCUT2D eigenvalue weighted by atomic mass is 10.3. The van der Waals surface area contributed by atoms with E-state index in [2.05, 4.69) is 4.98 Å². The van der Waals surface area contributed by atoms with Crippen molar-refractivity contribution in [2.24, 2.45) is 0 Å². The first kappa shape index (κ1) is 10.8. The van der Waals surface area contributed by atoms with Crippen molar-refractivity contribution in [3.8, 4) is 0 Å². The Hall–Kier alpha value is -0.320. The van der Waals surface area contributed by atoms with Crippen LogP contribution in [0.5, 0.6) is 0 Å². The quantitative estimate of drug-likeness (QED) is 0.588. The molecule has 0 saturated heterocycles. The number of hydrogen-bond acceptors (Lipinski definition) is 3. The van der Waals surface area contributed by atoms with Gasteiger partial charge in [-0.25, -0.2) is 13.4 Å². The highest BCUT2D eigenvalue weighted by molar-refractivity contribution is 8.13. The second kappa shape index (κ2) is 3.82. The van der Waals surface area contributed by atoms with Crippen LogP contribution in [0.15, 0.2) is 17.0 Å². The van der Waals surface area contributed by atoms with E-state index in [1.807, 2.05) is 6.92 Å². The van der Waals surface area contributed by atoms with Gasteiger partial charge in [-0.15, -0.1) is 0 Å². The number of halogens is 2. The Labute approximate surface area is 86.1 Å². The summed E-state index contributed by atoms with van der Waals surface area (Å²) in [5.74, 6) is 0. The maximum absolute atomic E-state index is 10.9. The number of hydrogen-bond donors (Lipinski definition) is 0. The van der Waals surface area contributed by atoms with Gasteiger partial charge in [0, 0.05) is 16.4 Å². The number of pyridine rings is 1. The van der Waals surface area contributed by atoms with Gasteiger partial charge in [-0.3, -0.25) is 0 Å². The van der Waals surface area contributed by atoms with E-state index < -0.39 is 9.05 Å². The Morgan fingerprint density at radius 1 is 1.46 bits per heavy atom. The van der Waals surface area contributed by atoms with E-state index in [0.717, 1.165) is 5.69 Å². The van der Waals surface area contributed by atoms with Crippen LogP contribution >= 0.6 is 22.3 Å². The van der Waals surface area contributed by atoms with E-state index in [1.165, 1.54) is 6.07 Å². The van der Waals surface area contributed by atoms with Crippen molar-refractivity contribution in [2.45, 2.75) is 18.2 Å². The minimum absolute atomic E-state index is 0.0747. The summed E-state index contributed by atoms with van der Waals surface area (Å²) in [7, 11) is 1.33. The molecule has 0 unspecified atom stereocenters. The zero-order chi connectivity index (χ0) is 10.1. The van der Waals surface area contributed by atoms with Crippen LogP contribution in [0.1, 0.15) is 12.6 Å². The summed E-state index contributed by atoms with van der Waals surface area (Å²) >= 11 is 5.62. The monoisotopic (exact) mass is 239 g/mol. The zero-order valence-electron chi connectivity index (χ0n) is 6.79. The fourth-order valence-electron chi connectivity index (χ4n) is 0.838. The molecule has 6 heteroatoms. The third-order valence-corrected chi connectivity index (χ3v) is 3.25. The standard InChI is InChI=1S/C7H7Cl2NO2S/c1-2-5-3-4-6(7(8)10-5)13(9,11)12/h3-4H,2H2,1H3. The van der Waals surface area contributed by atoms with E-state index >= 15 is 0 Å². The van der Waals surface area contributed by atoms with Crippen LogP contribution in [-0.4, -0.2) is 13.4 Å². The second-order valence-electron chi connectivity index (χ2n) is 2.38. The molecule has 0 aromatic carbocycles. The molecule has 0 aliphatic rings. The highest BCUT2D eigenvalue weighted by atomic mass is 35.7. The lowest BCUT2D eigenvalue weighted by molar-refractivity contribution is 0.609. The SMILES string of the molecule is CCc1ccc(S(=O)(=O)Cl)c(Cl)n1. The summed E-state index contributed by atoms with van der Waals surface area (Å²) in [5.41, 5.74) is 0.731. The highest BCUT2D eigenvalue weighted by Gasteiger charge is 2.15. The molecule has 0 amide bonds. The van der Waals surface area contributed by atoms with Gasteiger partial charge in [-0.05, 0) is 18.6 Å². The Bertz CT molecular complexity index is 417. The first-order valence-corrected chi connectivity index (χ1v) is 6.24. The zero-order valence-corrected chi connectivity index (χ0v) is 9.12. The number of aromatic nitrogens is 1. The van der Waals surface area contributed by atoms with Crippen LogP contribution < -0.4 is 0 Å². The van der Waals surface area contributed by atoms with Gasteiger partial charge < -0.3 is 0 Å². The van der Waals surface area contributed by atoms with E-state index in [4.69, 9.17) is 22.3 Å². The van der Waals surface area contributed by atoms with Gasteiger partial charge in [0.1, 0.15) is 10.0 Å². The van der Waals surface area contributed by atoms with Crippen molar-refractivity contribution in [3.05, 3.63) is 23.0 Å². The predicted molar refractivity (Wildman–Crippen MR) is 51.7 cm³/mol. The van der Waals surface area contributed by atoms with Crippen LogP contribution in [0.25, 0.3) is 0 Å². The van der Waals surface area contributed by atoms with Crippen LogP contribution in [0.2, 0.25) is 5.15 Å². The first-order valence-electron chi connectivity index (χ1n) is 3.55. The Balaban J connectivity index is 3.29. The van der Waals surface area contributed by atoms with Gasteiger partial charge >= 0.3 is 0 Å². The van der Waals surface area contributed by atoms with Crippen molar-refractivity contribution < 1.29 is 8.42 Å². The molecule has 0 radical (unpaired) electrons. The first-order chi connectivity index (χ1) is 5.95. The topological polar surface area (TPSA) is 47.0 Å². The molecule has 0 bridgehead atoms. The van der Waals surface area contributed by atoms with E-state index in [1.54, 1.807) is 6.07 Å². The smallest absolute Gasteiger partial charge is 0.240 e. The largest absolute Gasteiger partial charge is 0.264 e. The van der Waals surface area contributed by atoms with Crippen LogP contribution in [0, 0.1) is 0 Å². The highest BCUT2D eigenvalue weighted by Crippen LogP contribution is 2.22. The Kier molecular flexibility index (Phi) is 3.16. The third kappa shape index (κ3) is 2.56. The molecule has 0 spiro atoms. The normalized spacial score (nSPS) is 11.6. The molecule has 0 fully saturated rings. The van der Waals surface area contributed by atoms with Gasteiger partial charge in [0.25, 0.3) is 9.05 Å². The molecule has 0 N–H and O–H groups in total. The maximum Gasteiger partial charge on any atom is 0.264 e. The second-order valence-corrected chi connectivity index (χ2v) is 5.28. The summed E-state index contributed by atoms with van der Waals surface area (Å²) in [4.78, 5) is 3.71. The molecule has 13 heavy (non-hydrogen) atoms. The van der Waals surface area contributed by atoms with E-state index in [-0.39, 0.29) is 10.0 Å². The molecule has 0 aliphatic carbocycles. The fourth-order valence-corrected chi connectivity index (χ4v) is 2.28. The molecule has 1 aromatic rings. The van der Waals surface area contributed by atoms with Crippen molar-refractivity contribution in [1.29, 1.82) is 0 Å². The lowest BCUT2D eigenvalue weighted by Crippen LogP contribution is -1.96. The van der Waals surface area contributed by atoms with Gasteiger partial charge in [-0.2, -0.15) is 0 Å². The summed E-state index contributed by atoms with van der Waals surface area (Å²) in [6.07, 6.45) is 0.697. The average molecular weight is 240 g/mol. The molecule has 3 nitrogen and oxygen atoms in total. The molecule has 0 atom stereocenters. The Morgan fingerprint density at radius 2 is 2.08 bits per heavy atom. The number of nitrogens with zero attached hydrogens (tertiary/aromatic N) is 1. The minimum Gasteiger partial charge on any atom is -0.240 e. The molecule has 72 valence electrons. The molecule has 1 aromatic heterocycles. The molecule has 1 heterocycles. The molecule has 0 saturated carbocycles. The lowest BCUT2D eigenvalue weighted by Gasteiger charge is -2.00. The summed E-state index contributed by atoms with van der Waals surface area (Å²) < 4.78 is 21.8. The fraction of sp³-hybridized carbons (Fsp3) is 0.286. The van der Waals surface area contributed by atoms with Crippen molar-refractivity contribution in [1.82, 2.24) is 4.98 Å². The Morgan fingerprint density at radius 3 is 2.46 bits per heavy atom. The van der Waals surface area contributed by atoms with Crippen molar-refractivity contribution in [2.75, 3.05) is 0 Å². The van der Waals surface area contributed by atoms with Gasteiger partial charge in [0.05, 0.1) is 0 Å². The van der Waals surface area contributed by atoms with Crippen LogP contribution in [-0.2, 0) is 15.5 Å². The summed E-state index contributed by atoms with van der Waals surface area (Å²) in [5, 5.41) is -0.0747. The van der Waals surface area contributed by atoms with Gasteiger partial charge in [0.15, 0.2) is 0 Å². The van der Waals surface area contributed by atoms with E-state index in [0.29, 0.717) is 6.42 Å². The molecular formula is C7H7Cl2NO2S. The number of aryl methyl sites for hydroxylation is 1.